The summed E-state index contributed by atoms with van der Waals surface area (Å²) in [6, 6.07) is 9.83. The molecule has 20 heavy (non-hydrogen) atoms. The molecule has 4 heteroatoms. The second-order valence-corrected chi connectivity index (χ2v) is 6.07. The Morgan fingerprint density at radius 1 is 1.00 bits per heavy atom. The highest BCUT2D eigenvalue weighted by atomic mass is 17.2. The standard InChI is InChI=1S/C16H19NO3/c1-15(2)16(3,4)20-19-14(18-15)12-9-10-17-13-8-6-5-7-11(12)13/h5-10,14H,1-4H3. The van der Waals surface area contributed by atoms with Crippen molar-refractivity contribution in [2.24, 2.45) is 0 Å². The molecule has 0 saturated carbocycles. The highest BCUT2D eigenvalue weighted by Crippen LogP contribution is 2.41. The van der Waals surface area contributed by atoms with Gasteiger partial charge in [0.2, 0.25) is 6.29 Å². The number of para-hydroxylation sites is 1. The molecule has 1 atom stereocenters. The van der Waals surface area contributed by atoms with E-state index < -0.39 is 17.5 Å². The second-order valence-electron chi connectivity index (χ2n) is 6.07. The summed E-state index contributed by atoms with van der Waals surface area (Å²) in [7, 11) is 0. The molecular formula is C16H19NO3. The van der Waals surface area contributed by atoms with Gasteiger partial charge >= 0.3 is 0 Å². The van der Waals surface area contributed by atoms with Gasteiger partial charge in [-0.25, -0.2) is 4.89 Å². The zero-order valence-corrected chi connectivity index (χ0v) is 12.2. The minimum Gasteiger partial charge on any atom is -0.337 e. The van der Waals surface area contributed by atoms with Crippen molar-refractivity contribution in [3.8, 4) is 0 Å². The van der Waals surface area contributed by atoms with E-state index >= 15 is 0 Å². The molecule has 4 nitrogen and oxygen atoms in total. The highest BCUT2D eigenvalue weighted by molar-refractivity contribution is 5.82. The van der Waals surface area contributed by atoms with Gasteiger partial charge in [-0.15, -0.1) is 0 Å². The molecule has 0 bridgehead atoms. The summed E-state index contributed by atoms with van der Waals surface area (Å²) in [5.74, 6) is 0. The number of aromatic nitrogens is 1. The molecule has 0 N–H and O–H groups in total. The van der Waals surface area contributed by atoms with Crippen molar-refractivity contribution >= 4 is 10.9 Å². The SMILES string of the molecule is CC1(C)OOC(c2ccnc3ccccc23)OC1(C)C. The first-order valence-corrected chi connectivity index (χ1v) is 6.77. The second kappa shape index (κ2) is 4.52. The third-order valence-corrected chi connectivity index (χ3v) is 4.13. The third kappa shape index (κ3) is 2.10. The Bertz CT molecular complexity index is 631. The number of hydrogen-bond donors (Lipinski definition) is 0. The van der Waals surface area contributed by atoms with Crippen LogP contribution in [0.2, 0.25) is 0 Å². The maximum Gasteiger partial charge on any atom is 0.218 e. The van der Waals surface area contributed by atoms with E-state index in [2.05, 4.69) is 4.98 Å². The van der Waals surface area contributed by atoms with Gasteiger partial charge in [0.05, 0.1) is 11.1 Å². The minimum absolute atomic E-state index is 0.458. The van der Waals surface area contributed by atoms with E-state index in [0.29, 0.717) is 0 Å². The predicted octanol–water partition coefficient (Wildman–Crippen LogP) is 3.77. The molecule has 106 valence electrons. The molecule has 1 unspecified atom stereocenters. The molecule has 1 aromatic carbocycles. The summed E-state index contributed by atoms with van der Waals surface area (Å²) in [4.78, 5) is 15.4. The van der Waals surface area contributed by atoms with Gasteiger partial charge in [0.25, 0.3) is 0 Å². The van der Waals surface area contributed by atoms with Crippen LogP contribution in [0, 0.1) is 0 Å². The van der Waals surface area contributed by atoms with E-state index in [-0.39, 0.29) is 0 Å². The first kappa shape index (κ1) is 13.5. The number of nitrogens with zero attached hydrogens (tertiary/aromatic N) is 1. The molecular weight excluding hydrogens is 254 g/mol. The van der Waals surface area contributed by atoms with Crippen LogP contribution < -0.4 is 0 Å². The Balaban J connectivity index is 2.01. The van der Waals surface area contributed by atoms with Crippen molar-refractivity contribution in [1.29, 1.82) is 0 Å². The molecule has 1 fully saturated rings. The zero-order valence-electron chi connectivity index (χ0n) is 12.2. The molecule has 0 amide bonds. The van der Waals surface area contributed by atoms with E-state index in [1.807, 2.05) is 58.0 Å². The molecule has 1 aliphatic rings. The van der Waals surface area contributed by atoms with Crippen molar-refractivity contribution < 1.29 is 14.5 Å². The summed E-state index contributed by atoms with van der Waals surface area (Å²) in [5, 5.41) is 1.01. The number of ether oxygens (including phenoxy) is 1. The van der Waals surface area contributed by atoms with Crippen molar-refractivity contribution in [3.05, 3.63) is 42.1 Å². The van der Waals surface area contributed by atoms with Crippen LogP contribution in [-0.4, -0.2) is 16.2 Å². The molecule has 0 aliphatic carbocycles. The van der Waals surface area contributed by atoms with Crippen LogP contribution in [-0.2, 0) is 14.5 Å². The Morgan fingerprint density at radius 2 is 1.75 bits per heavy atom. The summed E-state index contributed by atoms with van der Waals surface area (Å²) < 4.78 is 6.11. The average Bonchev–Trinajstić information content (AvgIpc) is 2.41. The smallest absolute Gasteiger partial charge is 0.218 e. The lowest BCUT2D eigenvalue weighted by molar-refractivity contribution is -0.504. The highest BCUT2D eigenvalue weighted by Gasteiger charge is 2.47. The topological polar surface area (TPSA) is 40.6 Å². The van der Waals surface area contributed by atoms with Crippen LogP contribution in [0.5, 0.6) is 0 Å². The summed E-state index contributed by atoms with van der Waals surface area (Å²) >= 11 is 0. The lowest BCUT2D eigenvalue weighted by Gasteiger charge is -2.46. The lowest BCUT2D eigenvalue weighted by atomic mass is 9.89. The maximum absolute atomic E-state index is 6.11. The van der Waals surface area contributed by atoms with Gasteiger partial charge in [0.1, 0.15) is 5.60 Å². The average molecular weight is 273 g/mol. The monoisotopic (exact) mass is 273 g/mol. The number of hydrogen-bond acceptors (Lipinski definition) is 4. The third-order valence-electron chi connectivity index (χ3n) is 4.13. The number of fused-ring (bicyclic) bond motifs is 1. The Hall–Kier alpha value is -1.49. The summed E-state index contributed by atoms with van der Waals surface area (Å²) in [6.45, 7) is 7.92. The van der Waals surface area contributed by atoms with E-state index in [1.165, 1.54) is 0 Å². The number of pyridine rings is 1. The molecule has 2 heterocycles. The van der Waals surface area contributed by atoms with Gasteiger partial charge in [-0.05, 0) is 39.8 Å². The summed E-state index contributed by atoms with van der Waals surface area (Å²) in [5.41, 5.74) is 0.881. The molecule has 2 aromatic rings. The van der Waals surface area contributed by atoms with Crippen LogP contribution in [0.15, 0.2) is 36.5 Å². The largest absolute Gasteiger partial charge is 0.337 e. The first-order valence-electron chi connectivity index (χ1n) is 6.77. The first-order chi connectivity index (χ1) is 9.41. The Kier molecular flexibility index (Phi) is 3.05. The fourth-order valence-corrected chi connectivity index (χ4v) is 2.13. The number of benzene rings is 1. The quantitative estimate of drug-likeness (QED) is 0.742. The van der Waals surface area contributed by atoms with E-state index in [0.717, 1.165) is 16.5 Å². The van der Waals surface area contributed by atoms with Crippen LogP contribution in [0.1, 0.15) is 39.5 Å². The Labute approximate surface area is 118 Å². The molecule has 1 aromatic heterocycles. The van der Waals surface area contributed by atoms with E-state index in [9.17, 15) is 0 Å². The van der Waals surface area contributed by atoms with Gasteiger partial charge in [-0.1, -0.05) is 18.2 Å². The Morgan fingerprint density at radius 3 is 2.50 bits per heavy atom. The molecule has 1 aliphatic heterocycles. The van der Waals surface area contributed by atoms with Crippen LogP contribution in [0.3, 0.4) is 0 Å². The number of rotatable bonds is 1. The maximum atomic E-state index is 6.11. The van der Waals surface area contributed by atoms with Crippen LogP contribution in [0.25, 0.3) is 10.9 Å². The van der Waals surface area contributed by atoms with Crippen molar-refractivity contribution in [2.75, 3.05) is 0 Å². The van der Waals surface area contributed by atoms with Crippen LogP contribution >= 0.6 is 0 Å². The fourth-order valence-electron chi connectivity index (χ4n) is 2.13. The van der Waals surface area contributed by atoms with E-state index in [4.69, 9.17) is 14.5 Å². The molecule has 3 rings (SSSR count). The minimum atomic E-state index is -0.550. The van der Waals surface area contributed by atoms with Gasteiger partial charge in [0, 0.05) is 17.1 Å². The van der Waals surface area contributed by atoms with Gasteiger partial charge in [-0.2, -0.15) is 4.89 Å². The zero-order chi connectivity index (χ0) is 14.4. The normalized spacial score (nSPS) is 24.7. The van der Waals surface area contributed by atoms with E-state index in [1.54, 1.807) is 6.20 Å². The van der Waals surface area contributed by atoms with Crippen molar-refractivity contribution in [2.45, 2.75) is 45.2 Å². The molecule has 0 spiro atoms. The van der Waals surface area contributed by atoms with Gasteiger partial charge in [-0.3, -0.25) is 4.98 Å². The predicted molar refractivity (Wildman–Crippen MR) is 75.9 cm³/mol. The lowest BCUT2D eigenvalue weighted by Crippen LogP contribution is -2.54. The van der Waals surface area contributed by atoms with Gasteiger partial charge < -0.3 is 4.74 Å². The summed E-state index contributed by atoms with van der Waals surface area (Å²) in [6.07, 6.45) is 1.21. The fraction of sp³-hybridized carbons (Fsp3) is 0.438. The van der Waals surface area contributed by atoms with Crippen LogP contribution in [0.4, 0.5) is 0 Å². The van der Waals surface area contributed by atoms with Crippen molar-refractivity contribution in [1.82, 2.24) is 4.98 Å². The molecule has 0 radical (unpaired) electrons. The van der Waals surface area contributed by atoms with Gasteiger partial charge in [0.15, 0.2) is 0 Å². The molecule has 1 saturated heterocycles. The van der Waals surface area contributed by atoms with Crippen molar-refractivity contribution in [3.63, 3.8) is 0 Å².